The first-order valence-electron chi connectivity index (χ1n) is 6.33. The molecule has 2 saturated heterocycles. The van der Waals surface area contributed by atoms with Crippen LogP contribution in [0.4, 0.5) is 4.79 Å². The van der Waals surface area contributed by atoms with Gasteiger partial charge >= 0.3 is 6.03 Å². The number of amides is 2. The molecule has 0 bridgehead atoms. The number of ether oxygens (including phenoxy) is 1. The Labute approximate surface area is 107 Å². The molecule has 0 aromatic carbocycles. The van der Waals surface area contributed by atoms with Crippen LogP contribution in [0.1, 0.15) is 6.42 Å². The number of carbonyl (C=O) groups is 1. The molecule has 2 amide bonds. The maximum absolute atomic E-state index is 12.0. The molecule has 0 aromatic heterocycles. The molecular weight excluding hydrogens is 234 g/mol. The van der Waals surface area contributed by atoms with Crippen LogP contribution >= 0.6 is 0 Å². The third-order valence-corrected chi connectivity index (χ3v) is 3.31. The highest BCUT2D eigenvalue weighted by Gasteiger charge is 2.24. The first-order valence-corrected chi connectivity index (χ1v) is 6.33. The van der Waals surface area contributed by atoms with Crippen LogP contribution in [0.15, 0.2) is 0 Å². The molecule has 0 spiro atoms. The summed E-state index contributed by atoms with van der Waals surface area (Å²) >= 11 is 0. The minimum atomic E-state index is -0.00650. The summed E-state index contributed by atoms with van der Waals surface area (Å²) in [5.74, 6) is 0.177. The summed E-state index contributed by atoms with van der Waals surface area (Å²) < 4.78 is 5.23. The van der Waals surface area contributed by atoms with Gasteiger partial charge in [0.2, 0.25) is 0 Å². The minimum Gasteiger partial charge on any atom is -0.387 e. The molecule has 1 unspecified atom stereocenters. The number of urea groups is 1. The third kappa shape index (κ3) is 3.58. The van der Waals surface area contributed by atoms with E-state index in [-0.39, 0.29) is 17.9 Å². The maximum Gasteiger partial charge on any atom is 0.317 e. The van der Waals surface area contributed by atoms with Crippen LogP contribution in [0.2, 0.25) is 0 Å². The summed E-state index contributed by atoms with van der Waals surface area (Å²) in [6.07, 6.45) is 0.899. The van der Waals surface area contributed by atoms with Gasteiger partial charge in [0.15, 0.2) is 0 Å². The lowest BCUT2D eigenvalue weighted by molar-refractivity contribution is 0.143. The molecule has 18 heavy (non-hydrogen) atoms. The zero-order valence-electron chi connectivity index (χ0n) is 10.5. The lowest BCUT2D eigenvalue weighted by Gasteiger charge is -2.34. The quantitative estimate of drug-likeness (QED) is 0.447. The topological polar surface area (TPSA) is 94.7 Å². The third-order valence-electron chi connectivity index (χ3n) is 3.31. The molecule has 0 aromatic rings. The number of nitrogens with one attached hydrogen (secondary N) is 2. The minimum absolute atomic E-state index is 0.00650. The highest BCUT2D eigenvalue weighted by molar-refractivity contribution is 5.79. The van der Waals surface area contributed by atoms with E-state index in [0.29, 0.717) is 26.2 Å². The largest absolute Gasteiger partial charge is 0.387 e. The molecule has 1 atom stereocenters. The number of hydrogen-bond donors (Lipinski definition) is 3. The van der Waals surface area contributed by atoms with Crippen molar-refractivity contribution >= 4 is 11.9 Å². The molecule has 2 fully saturated rings. The predicted molar refractivity (Wildman–Crippen MR) is 67.7 cm³/mol. The second-order valence-electron chi connectivity index (χ2n) is 4.80. The highest BCUT2D eigenvalue weighted by Crippen LogP contribution is 2.06. The Bertz CT molecular complexity index is 309. The van der Waals surface area contributed by atoms with E-state index in [1.54, 1.807) is 0 Å². The lowest BCUT2D eigenvalue weighted by Crippen LogP contribution is -2.54. The Kier molecular flexibility index (Phi) is 4.38. The average molecular weight is 255 g/mol. The van der Waals surface area contributed by atoms with Crippen LogP contribution in [-0.4, -0.2) is 73.6 Å². The Morgan fingerprint density at radius 3 is 2.67 bits per heavy atom. The molecule has 0 radical (unpaired) electrons. The lowest BCUT2D eigenvalue weighted by atomic mass is 10.2. The fourth-order valence-electron chi connectivity index (χ4n) is 2.26. The molecule has 2 aliphatic rings. The van der Waals surface area contributed by atoms with Crippen LogP contribution in [0.5, 0.6) is 0 Å². The van der Waals surface area contributed by atoms with Gasteiger partial charge in [0.1, 0.15) is 5.84 Å². The van der Waals surface area contributed by atoms with E-state index in [0.717, 1.165) is 26.1 Å². The smallest absolute Gasteiger partial charge is 0.317 e. The van der Waals surface area contributed by atoms with E-state index >= 15 is 0 Å². The number of amidine groups is 1. The van der Waals surface area contributed by atoms with E-state index in [1.165, 1.54) is 0 Å². The van der Waals surface area contributed by atoms with E-state index in [4.69, 9.17) is 15.9 Å². The van der Waals surface area contributed by atoms with E-state index in [2.05, 4.69) is 10.2 Å². The van der Waals surface area contributed by atoms with Crippen molar-refractivity contribution < 1.29 is 9.53 Å². The van der Waals surface area contributed by atoms with Gasteiger partial charge in [-0.3, -0.25) is 10.3 Å². The normalized spacial score (nSPS) is 25.1. The SMILES string of the molecule is N=C(N)CN1CCN(C(=O)NC2CCOC2)CC1. The van der Waals surface area contributed by atoms with Crippen LogP contribution < -0.4 is 11.1 Å². The molecule has 102 valence electrons. The standard InChI is InChI=1S/C11H21N5O2/c12-10(13)7-15-2-4-16(5-3-15)11(17)14-9-1-6-18-8-9/h9H,1-8H2,(H3,12,13)(H,14,17). The van der Waals surface area contributed by atoms with Crippen molar-refractivity contribution in [2.24, 2.45) is 5.73 Å². The van der Waals surface area contributed by atoms with Crippen molar-refractivity contribution in [3.63, 3.8) is 0 Å². The Hall–Kier alpha value is -1.34. The zero-order valence-corrected chi connectivity index (χ0v) is 10.5. The monoisotopic (exact) mass is 255 g/mol. The van der Waals surface area contributed by atoms with Gasteiger partial charge in [0, 0.05) is 32.8 Å². The van der Waals surface area contributed by atoms with Gasteiger partial charge in [0.25, 0.3) is 0 Å². The van der Waals surface area contributed by atoms with Gasteiger partial charge in [-0.15, -0.1) is 0 Å². The number of nitrogens with two attached hydrogens (primary N) is 1. The molecule has 2 aliphatic heterocycles. The van der Waals surface area contributed by atoms with Gasteiger partial charge in [-0.1, -0.05) is 0 Å². The van der Waals surface area contributed by atoms with Crippen molar-refractivity contribution in [1.29, 1.82) is 5.41 Å². The summed E-state index contributed by atoms with van der Waals surface area (Å²) in [5, 5.41) is 10.2. The highest BCUT2D eigenvalue weighted by atomic mass is 16.5. The maximum atomic E-state index is 12.0. The van der Waals surface area contributed by atoms with Crippen molar-refractivity contribution in [3.05, 3.63) is 0 Å². The van der Waals surface area contributed by atoms with E-state index in [9.17, 15) is 4.79 Å². The second-order valence-corrected chi connectivity index (χ2v) is 4.80. The van der Waals surface area contributed by atoms with E-state index < -0.39 is 0 Å². The van der Waals surface area contributed by atoms with Crippen molar-refractivity contribution in [1.82, 2.24) is 15.1 Å². The Morgan fingerprint density at radius 1 is 1.39 bits per heavy atom. The van der Waals surface area contributed by atoms with Crippen LogP contribution in [0.3, 0.4) is 0 Å². The zero-order chi connectivity index (χ0) is 13.0. The molecule has 0 aliphatic carbocycles. The summed E-state index contributed by atoms with van der Waals surface area (Å²) in [4.78, 5) is 15.9. The fourth-order valence-corrected chi connectivity index (χ4v) is 2.26. The Balaban J connectivity index is 1.71. The molecule has 2 rings (SSSR count). The van der Waals surface area contributed by atoms with Gasteiger partial charge in [-0.2, -0.15) is 0 Å². The summed E-state index contributed by atoms with van der Waals surface area (Å²) in [6.45, 7) is 4.76. The summed E-state index contributed by atoms with van der Waals surface area (Å²) in [6, 6.07) is 0.153. The second kappa shape index (κ2) is 6.01. The molecule has 0 saturated carbocycles. The van der Waals surface area contributed by atoms with Crippen LogP contribution in [-0.2, 0) is 4.74 Å². The molecular formula is C11H21N5O2. The number of carbonyl (C=O) groups excluding carboxylic acids is 1. The first-order chi connectivity index (χ1) is 8.65. The Morgan fingerprint density at radius 2 is 2.11 bits per heavy atom. The average Bonchev–Trinajstić information content (AvgIpc) is 2.82. The molecule has 4 N–H and O–H groups in total. The van der Waals surface area contributed by atoms with Crippen molar-refractivity contribution in [3.8, 4) is 0 Å². The van der Waals surface area contributed by atoms with Crippen LogP contribution in [0.25, 0.3) is 0 Å². The van der Waals surface area contributed by atoms with Gasteiger partial charge in [-0.25, -0.2) is 4.79 Å². The van der Waals surface area contributed by atoms with Gasteiger partial charge < -0.3 is 20.7 Å². The van der Waals surface area contributed by atoms with Crippen molar-refractivity contribution in [2.45, 2.75) is 12.5 Å². The first kappa shape index (κ1) is 13.1. The molecule has 7 heteroatoms. The van der Waals surface area contributed by atoms with Gasteiger partial charge in [0.05, 0.1) is 19.2 Å². The number of nitrogens with zero attached hydrogens (tertiary/aromatic N) is 2. The van der Waals surface area contributed by atoms with Gasteiger partial charge in [-0.05, 0) is 6.42 Å². The molecule has 7 nitrogen and oxygen atoms in total. The number of piperazine rings is 1. The molecule has 2 heterocycles. The van der Waals surface area contributed by atoms with E-state index in [1.807, 2.05) is 4.90 Å². The number of rotatable bonds is 3. The predicted octanol–water partition coefficient (Wildman–Crippen LogP) is -0.962. The van der Waals surface area contributed by atoms with Crippen molar-refractivity contribution in [2.75, 3.05) is 45.9 Å². The fraction of sp³-hybridized carbons (Fsp3) is 0.818. The summed E-state index contributed by atoms with van der Waals surface area (Å²) in [7, 11) is 0. The van der Waals surface area contributed by atoms with Crippen LogP contribution in [0, 0.1) is 5.41 Å². The summed E-state index contributed by atoms with van der Waals surface area (Å²) in [5.41, 5.74) is 5.36. The number of hydrogen-bond acceptors (Lipinski definition) is 4.